The summed E-state index contributed by atoms with van der Waals surface area (Å²) in [5.41, 5.74) is 4.24. The highest BCUT2D eigenvalue weighted by Gasteiger charge is 2.35. The van der Waals surface area contributed by atoms with Gasteiger partial charge in [0.15, 0.2) is 0 Å². The number of aryl methyl sites for hydroxylation is 1. The lowest BCUT2D eigenvalue weighted by atomic mass is 9.86. The number of rotatable bonds is 1. The zero-order valence-corrected chi connectivity index (χ0v) is 42.7. The van der Waals surface area contributed by atoms with Gasteiger partial charge in [0.2, 0.25) is 0 Å². The summed E-state index contributed by atoms with van der Waals surface area (Å²) in [6.07, 6.45) is -5.88. The Kier molecular flexibility index (Phi) is 20.9. The topological polar surface area (TPSA) is 25.8 Å². The third kappa shape index (κ3) is 20.2. The van der Waals surface area contributed by atoms with E-state index in [1.54, 1.807) is 45.9 Å². The molecule has 0 aliphatic carbocycles. The van der Waals surface area contributed by atoms with Gasteiger partial charge in [0, 0.05) is 18.1 Å². The van der Waals surface area contributed by atoms with E-state index in [1.165, 1.54) is 41.2 Å². The third-order valence-electron chi connectivity index (χ3n) is 10.1. The van der Waals surface area contributed by atoms with Crippen LogP contribution in [-0.2, 0) is 39.4 Å². The number of alkyl halides is 6. The maximum atomic E-state index is 12.9. The molecule has 12 heteroatoms. The van der Waals surface area contributed by atoms with Crippen molar-refractivity contribution in [3.8, 4) is 0 Å². The summed E-state index contributed by atoms with van der Waals surface area (Å²) in [6.45, 7) is 36.3. The van der Waals surface area contributed by atoms with Crippen LogP contribution in [0.3, 0.4) is 0 Å². The lowest BCUT2D eigenvalue weighted by Gasteiger charge is -2.20. The van der Waals surface area contributed by atoms with E-state index in [0.717, 1.165) is 29.3 Å². The average Bonchev–Trinajstić information content (AvgIpc) is 3.15. The van der Waals surface area contributed by atoms with E-state index in [4.69, 9.17) is 11.6 Å². The number of nitrogens with zero attached hydrogens (tertiary/aromatic N) is 2. The van der Waals surface area contributed by atoms with Gasteiger partial charge in [-0.25, -0.2) is 13.2 Å². The molecule has 0 atom stereocenters. The highest BCUT2D eigenvalue weighted by atomic mass is 35.5. The first-order chi connectivity index (χ1) is 29.6. The van der Waals surface area contributed by atoms with Gasteiger partial charge in [0.25, 0.3) is 0 Å². The molecule has 0 bridgehead atoms. The van der Waals surface area contributed by atoms with Crippen LogP contribution in [0, 0.1) is 24.4 Å². The van der Waals surface area contributed by atoms with Crippen LogP contribution in [0.2, 0.25) is 5.02 Å². The predicted molar refractivity (Wildman–Crippen MR) is 255 cm³/mol. The summed E-state index contributed by atoms with van der Waals surface area (Å²) >= 11 is 5.64. The van der Waals surface area contributed by atoms with Gasteiger partial charge in [0.1, 0.15) is 23.1 Å². The van der Waals surface area contributed by atoms with Crippen molar-refractivity contribution in [2.75, 3.05) is 0 Å². The summed E-state index contributed by atoms with van der Waals surface area (Å²) in [4.78, 5) is 7.65. The molecular formula is C54H70ClF9N2. The highest BCUT2D eigenvalue weighted by Crippen LogP contribution is 2.35. The van der Waals surface area contributed by atoms with E-state index in [2.05, 4.69) is 98.3 Å². The largest absolute Gasteiger partial charge is 0.433 e. The molecule has 0 saturated carbocycles. The van der Waals surface area contributed by atoms with E-state index < -0.39 is 34.8 Å². The van der Waals surface area contributed by atoms with E-state index in [0.29, 0.717) is 17.0 Å². The van der Waals surface area contributed by atoms with Crippen molar-refractivity contribution in [1.82, 2.24) is 9.97 Å². The molecule has 0 fully saturated rings. The van der Waals surface area contributed by atoms with E-state index in [1.807, 2.05) is 39.1 Å². The second kappa shape index (κ2) is 23.1. The van der Waals surface area contributed by atoms with Crippen LogP contribution in [0.4, 0.5) is 39.5 Å². The molecule has 3 aromatic carbocycles. The predicted octanol–water partition coefficient (Wildman–Crippen LogP) is 18.3. The van der Waals surface area contributed by atoms with Crippen LogP contribution >= 0.6 is 11.6 Å². The normalized spacial score (nSPS) is 12.4. The summed E-state index contributed by atoms with van der Waals surface area (Å²) in [7, 11) is 0. The van der Waals surface area contributed by atoms with Crippen LogP contribution in [-0.4, -0.2) is 9.97 Å². The number of pyridine rings is 2. The molecule has 66 heavy (non-hydrogen) atoms. The Hall–Kier alpha value is -4.38. The smallest absolute Gasteiger partial charge is 0.261 e. The molecule has 0 amide bonds. The van der Waals surface area contributed by atoms with Crippen LogP contribution in [0.15, 0.2) is 91.3 Å². The Balaban J connectivity index is 0.000000414. The number of hydrogen-bond donors (Lipinski definition) is 0. The van der Waals surface area contributed by atoms with E-state index in [-0.39, 0.29) is 38.3 Å². The molecule has 0 unspecified atom stereocenters. The second-order valence-electron chi connectivity index (χ2n) is 21.6. The Morgan fingerprint density at radius 3 is 1.17 bits per heavy atom. The van der Waals surface area contributed by atoms with Gasteiger partial charge >= 0.3 is 12.4 Å². The fourth-order valence-electron chi connectivity index (χ4n) is 5.57. The van der Waals surface area contributed by atoms with Crippen LogP contribution in [0.1, 0.15) is 174 Å². The fraction of sp³-hybridized carbons (Fsp3) is 0.481. The van der Waals surface area contributed by atoms with Crippen molar-refractivity contribution in [3.63, 3.8) is 0 Å². The number of halogens is 10. The molecule has 0 radical (unpaired) electrons. The highest BCUT2D eigenvalue weighted by molar-refractivity contribution is 6.30. The summed E-state index contributed by atoms with van der Waals surface area (Å²) in [5.74, 6) is -1.19. The molecule has 0 aliphatic heterocycles. The zero-order valence-electron chi connectivity index (χ0n) is 41.9. The summed E-state index contributed by atoms with van der Waals surface area (Å²) in [6, 6.07) is 20.3. The molecule has 0 spiro atoms. The van der Waals surface area contributed by atoms with Gasteiger partial charge < -0.3 is 0 Å². The van der Waals surface area contributed by atoms with E-state index >= 15 is 0 Å². The first-order valence-corrected chi connectivity index (χ1v) is 22.0. The third-order valence-corrected chi connectivity index (χ3v) is 10.4. The minimum atomic E-state index is -4.63. The molecule has 0 saturated heterocycles. The van der Waals surface area contributed by atoms with Gasteiger partial charge in [0.05, 0.1) is 10.6 Å². The van der Waals surface area contributed by atoms with E-state index in [9.17, 15) is 39.5 Å². The van der Waals surface area contributed by atoms with Crippen LogP contribution < -0.4 is 0 Å². The standard InChI is InChI=1S/C12H19N.C11H12F4.C11H15F.C10H12ClF.C10H12F3N/c1-9(2)11-8-10(6-7-13-11)12(3,4)5;1-10(2,3)7-4-5-9(12)8(6-7)11(13,14)15;1-8-7-9(11(2,3)4)5-6-10(8)12;1-10(2,3)7-4-5-9(12)8(11)6-7;1-9(2,3)7-4-5-14-8(6-7)10(11,12)13/h6-9H,1-5H3;4-6H,1-3H3;5-7H,1-4H3;4-6H,1-3H3;4-6H,1-3H3. The molecule has 5 rings (SSSR count). The quantitative estimate of drug-likeness (QED) is 0.157. The Morgan fingerprint density at radius 1 is 0.424 bits per heavy atom. The molecule has 2 aromatic heterocycles. The lowest BCUT2D eigenvalue weighted by molar-refractivity contribution is -0.141. The number of hydrogen-bond acceptors (Lipinski definition) is 2. The van der Waals surface area contributed by atoms with Crippen molar-refractivity contribution in [2.45, 2.75) is 170 Å². The molecule has 2 heterocycles. The van der Waals surface area contributed by atoms with Crippen LogP contribution in [0.5, 0.6) is 0 Å². The maximum absolute atomic E-state index is 12.9. The minimum Gasteiger partial charge on any atom is -0.261 e. The van der Waals surface area contributed by atoms with Crippen molar-refractivity contribution in [2.24, 2.45) is 0 Å². The van der Waals surface area contributed by atoms with Crippen molar-refractivity contribution < 1.29 is 39.5 Å². The number of benzene rings is 3. The van der Waals surface area contributed by atoms with Gasteiger partial charge in [-0.05, 0) is 128 Å². The maximum Gasteiger partial charge on any atom is 0.433 e. The molecular weight excluding hydrogens is 883 g/mol. The zero-order chi connectivity index (χ0) is 51.6. The average molecular weight is 954 g/mol. The molecule has 0 aliphatic rings. The van der Waals surface area contributed by atoms with Gasteiger partial charge in [-0.2, -0.15) is 26.3 Å². The first kappa shape index (κ1) is 59.6. The molecule has 2 nitrogen and oxygen atoms in total. The Labute approximate surface area is 393 Å². The van der Waals surface area contributed by atoms with Crippen molar-refractivity contribution in [3.05, 3.63) is 164 Å². The monoisotopic (exact) mass is 953 g/mol. The first-order valence-electron chi connectivity index (χ1n) is 21.7. The minimum absolute atomic E-state index is 0.0251. The van der Waals surface area contributed by atoms with Gasteiger partial charge in [-0.15, -0.1) is 0 Å². The fourth-order valence-corrected chi connectivity index (χ4v) is 5.75. The summed E-state index contributed by atoms with van der Waals surface area (Å²) in [5, 5.41) is 0.197. The van der Waals surface area contributed by atoms with Crippen LogP contribution in [0.25, 0.3) is 0 Å². The Bertz CT molecular complexity index is 2200. The van der Waals surface area contributed by atoms with Gasteiger partial charge in [-0.1, -0.05) is 154 Å². The molecule has 366 valence electrons. The SMILES string of the molecule is CC(C)(C)c1ccc(F)c(C(F)(F)F)c1.CC(C)(C)c1ccc(F)c(Cl)c1.CC(C)(C)c1ccnc(C(F)(F)F)c1.CC(C)c1cc(C(C)(C)C)ccn1.Cc1cc(C(C)(C)C)ccc1F. The molecule has 5 aromatic rings. The summed E-state index contributed by atoms with van der Waals surface area (Å²) < 4.78 is 113. The van der Waals surface area contributed by atoms with Crippen molar-refractivity contribution in [1.29, 1.82) is 0 Å². The number of aromatic nitrogens is 2. The van der Waals surface area contributed by atoms with Crippen molar-refractivity contribution >= 4 is 11.6 Å². The Morgan fingerprint density at radius 2 is 0.788 bits per heavy atom. The second-order valence-corrected chi connectivity index (χ2v) is 22.0. The van der Waals surface area contributed by atoms with Gasteiger partial charge in [-0.3, -0.25) is 9.97 Å². The lowest BCUT2D eigenvalue weighted by Crippen LogP contribution is -2.15. The molecule has 0 N–H and O–H groups in total.